The highest BCUT2D eigenvalue weighted by Crippen LogP contribution is 2.18. The predicted octanol–water partition coefficient (Wildman–Crippen LogP) is 2.89. The van der Waals surface area contributed by atoms with Gasteiger partial charge in [0.25, 0.3) is 5.91 Å². The molecule has 7 heteroatoms. The molecular weight excluding hydrogens is 312 g/mol. The molecule has 122 valence electrons. The fourth-order valence-corrected chi connectivity index (χ4v) is 1.99. The molecule has 0 saturated carbocycles. The highest BCUT2D eigenvalue weighted by atomic mass is 19.2. The third kappa shape index (κ3) is 3.87. The minimum absolute atomic E-state index is 0.0404. The molecule has 0 radical (unpaired) electrons. The van der Waals surface area contributed by atoms with Gasteiger partial charge in [-0.3, -0.25) is 4.79 Å². The third-order valence-electron chi connectivity index (χ3n) is 3.20. The van der Waals surface area contributed by atoms with E-state index in [-0.39, 0.29) is 6.54 Å². The zero-order chi connectivity index (χ0) is 17.0. The van der Waals surface area contributed by atoms with Gasteiger partial charge >= 0.3 is 0 Å². The van der Waals surface area contributed by atoms with Gasteiger partial charge in [0.15, 0.2) is 23.3 Å². The van der Waals surface area contributed by atoms with Crippen LogP contribution in [0.5, 0.6) is 0 Å². The summed E-state index contributed by atoms with van der Waals surface area (Å²) in [5.74, 6) is -8.32. The fourth-order valence-electron chi connectivity index (χ4n) is 1.99. The van der Waals surface area contributed by atoms with E-state index in [1.54, 1.807) is 12.1 Å². The Morgan fingerprint density at radius 2 is 1.48 bits per heavy atom. The molecule has 0 saturated heterocycles. The Bertz CT molecular complexity index is 717. The molecule has 3 nitrogen and oxygen atoms in total. The number of nitrogens with one attached hydrogen (secondary N) is 2. The van der Waals surface area contributed by atoms with Crippen molar-refractivity contribution in [2.24, 2.45) is 0 Å². The maximum Gasteiger partial charge on any atom is 0.254 e. The van der Waals surface area contributed by atoms with E-state index < -0.39 is 34.7 Å². The van der Waals surface area contributed by atoms with Gasteiger partial charge < -0.3 is 10.6 Å². The standard InChI is InChI=1S/C16H14F4N2O/c1-21-7-9-2-4-10(5-3-9)8-22-16(23)11-6-12(17)14(19)15(20)13(11)18/h2-6,21H,7-8H2,1H3,(H,22,23). The second-order valence-corrected chi connectivity index (χ2v) is 4.88. The second-order valence-electron chi connectivity index (χ2n) is 4.88. The average Bonchev–Trinajstić information content (AvgIpc) is 2.55. The first-order valence-electron chi connectivity index (χ1n) is 6.77. The first kappa shape index (κ1) is 17.0. The first-order chi connectivity index (χ1) is 10.9. The van der Waals surface area contributed by atoms with E-state index in [0.717, 1.165) is 11.1 Å². The SMILES string of the molecule is CNCc1ccc(CNC(=O)c2cc(F)c(F)c(F)c2F)cc1. The van der Waals surface area contributed by atoms with Gasteiger partial charge in [0.1, 0.15) is 0 Å². The molecule has 0 spiro atoms. The number of rotatable bonds is 5. The zero-order valence-electron chi connectivity index (χ0n) is 12.2. The largest absolute Gasteiger partial charge is 0.348 e. The van der Waals surface area contributed by atoms with Crippen molar-refractivity contribution in [3.05, 3.63) is 70.3 Å². The monoisotopic (exact) mass is 326 g/mol. The number of hydrogen-bond donors (Lipinski definition) is 2. The van der Waals surface area contributed by atoms with Crippen molar-refractivity contribution in [2.75, 3.05) is 7.05 Å². The highest BCUT2D eigenvalue weighted by Gasteiger charge is 2.22. The number of halogens is 4. The Labute approximate surface area is 130 Å². The Hall–Kier alpha value is -2.41. The van der Waals surface area contributed by atoms with E-state index >= 15 is 0 Å². The molecule has 0 aliphatic rings. The number of hydrogen-bond acceptors (Lipinski definition) is 2. The summed E-state index contributed by atoms with van der Waals surface area (Å²) in [4.78, 5) is 11.8. The Kier molecular flexibility index (Phi) is 5.33. The van der Waals surface area contributed by atoms with Gasteiger partial charge in [0, 0.05) is 13.1 Å². The smallest absolute Gasteiger partial charge is 0.254 e. The molecule has 1 amide bonds. The summed E-state index contributed by atoms with van der Waals surface area (Å²) < 4.78 is 52.6. The van der Waals surface area contributed by atoms with Gasteiger partial charge in [-0.1, -0.05) is 24.3 Å². The van der Waals surface area contributed by atoms with Crippen LogP contribution in [0.2, 0.25) is 0 Å². The Morgan fingerprint density at radius 1 is 0.913 bits per heavy atom. The van der Waals surface area contributed by atoms with Gasteiger partial charge in [-0.05, 0) is 24.2 Å². The van der Waals surface area contributed by atoms with E-state index in [1.165, 1.54) is 0 Å². The van der Waals surface area contributed by atoms with Crippen molar-refractivity contribution in [3.63, 3.8) is 0 Å². The van der Waals surface area contributed by atoms with Gasteiger partial charge in [-0.15, -0.1) is 0 Å². The van der Waals surface area contributed by atoms with Gasteiger partial charge in [0.2, 0.25) is 0 Å². The topological polar surface area (TPSA) is 41.1 Å². The molecule has 0 aromatic heterocycles. The van der Waals surface area contributed by atoms with Crippen LogP contribution in [-0.2, 0) is 13.1 Å². The van der Waals surface area contributed by atoms with Crippen LogP contribution in [0.1, 0.15) is 21.5 Å². The minimum Gasteiger partial charge on any atom is -0.348 e. The lowest BCUT2D eigenvalue weighted by Crippen LogP contribution is -2.25. The maximum atomic E-state index is 13.5. The van der Waals surface area contributed by atoms with E-state index in [1.807, 2.05) is 19.2 Å². The lowest BCUT2D eigenvalue weighted by molar-refractivity contribution is 0.0944. The third-order valence-corrected chi connectivity index (χ3v) is 3.20. The minimum atomic E-state index is -2.01. The number of amides is 1. The second kappa shape index (κ2) is 7.23. The number of carbonyl (C=O) groups is 1. The molecule has 2 aromatic rings. The normalized spacial score (nSPS) is 10.7. The van der Waals surface area contributed by atoms with Gasteiger partial charge in [-0.25, -0.2) is 17.6 Å². The number of carbonyl (C=O) groups excluding carboxylic acids is 1. The summed E-state index contributed by atoms with van der Waals surface area (Å²) in [5, 5.41) is 5.31. The van der Waals surface area contributed by atoms with E-state index in [4.69, 9.17) is 0 Å². The Balaban J connectivity index is 2.08. The first-order valence-corrected chi connectivity index (χ1v) is 6.77. The quantitative estimate of drug-likeness (QED) is 0.504. The summed E-state index contributed by atoms with van der Waals surface area (Å²) in [6.07, 6.45) is 0. The van der Waals surface area contributed by atoms with E-state index in [0.29, 0.717) is 12.6 Å². The van der Waals surface area contributed by atoms with Crippen LogP contribution in [0.25, 0.3) is 0 Å². The predicted molar refractivity (Wildman–Crippen MR) is 76.6 cm³/mol. The van der Waals surface area contributed by atoms with Crippen molar-refractivity contribution in [2.45, 2.75) is 13.1 Å². The maximum absolute atomic E-state index is 13.5. The molecular formula is C16H14F4N2O. The summed E-state index contributed by atoms with van der Waals surface area (Å²) in [5.41, 5.74) is 0.881. The van der Waals surface area contributed by atoms with Crippen LogP contribution >= 0.6 is 0 Å². The Morgan fingerprint density at radius 3 is 2.04 bits per heavy atom. The van der Waals surface area contributed by atoms with Crippen molar-refractivity contribution in [1.82, 2.24) is 10.6 Å². The van der Waals surface area contributed by atoms with Crippen LogP contribution in [0, 0.1) is 23.3 Å². The molecule has 0 atom stereocenters. The van der Waals surface area contributed by atoms with E-state index in [2.05, 4.69) is 10.6 Å². The number of benzene rings is 2. The van der Waals surface area contributed by atoms with Crippen molar-refractivity contribution in [3.8, 4) is 0 Å². The summed E-state index contributed by atoms with van der Waals surface area (Å²) >= 11 is 0. The molecule has 23 heavy (non-hydrogen) atoms. The molecule has 0 aliphatic carbocycles. The average molecular weight is 326 g/mol. The lowest BCUT2D eigenvalue weighted by atomic mass is 10.1. The van der Waals surface area contributed by atoms with E-state index in [9.17, 15) is 22.4 Å². The molecule has 2 N–H and O–H groups in total. The van der Waals surface area contributed by atoms with Crippen LogP contribution in [-0.4, -0.2) is 13.0 Å². The highest BCUT2D eigenvalue weighted by molar-refractivity contribution is 5.94. The summed E-state index contributed by atoms with van der Waals surface area (Å²) in [7, 11) is 1.81. The summed E-state index contributed by atoms with van der Waals surface area (Å²) in [6, 6.07) is 7.54. The lowest BCUT2D eigenvalue weighted by Gasteiger charge is -2.08. The molecule has 0 bridgehead atoms. The zero-order valence-corrected chi connectivity index (χ0v) is 12.2. The fraction of sp³-hybridized carbons (Fsp3) is 0.188. The molecule has 2 aromatic carbocycles. The molecule has 0 aliphatic heterocycles. The summed E-state index contributed by atoms with van der Waals surface area (Å²) in [6.45, 7) is 0.727. The van der Waals surface area contributed by atoms with Gasteiger partial charge in [-0.2, -0.15) is 0 Å². The van der Waals surface area contributed by atoms with Crippen molar-refractivity contribution < 1.29 is 22.4 Å². The van der Waals surface area contributed by atoms with Crippen LogP contribution in [0.3, 0.4) is 0 Å². The molecule has 0 heterocycles. The molecule has 0 fully saturated rings. The molecule has 0 unspecified atom stereocenters. The van der Waals surface area contributed by atoms with Crippen LogP contribution in [0.4, 0.5) is 17.6 Å². The van der Waals surface area contributed by atoms with Crippen molar-refractivity contribution >= 4 is 5.91 Å². The van der Waals surface area contributed by atoms with Gasteiger partial charge in [0.05, 0.1) is 5.56 Å². The molecule has 2 rings (SSSR count). The van der Waals surface area contributed by atoms with Crippen molar-refractivity contribution in [1.29, 1.82) is 0 Å². The van der Waals surface area contributed by atoms with Crippen LogP contribution in [0.15, 0.2) is 30.3 Å². The van der Waals surface area contributed by atoms with Crippen LogP contribution < -0.4 is 10.6 Å².